The standard InChI is InChI=1S/C19H29N3O3/c1-3-25-17-10-7-13-22(15-17)19(24)20-12-11-18(23)21(2)14-16-8-5-4-6-9-16/h4-6,8-9,17H,3,7,10-15H2,1-2H3,(H,20,24). The zero-order valence-electron chi connectivity index (χ0n) is 15.2. The highest BCUT2D eigenvalue weighted by atomic mass is 16.5. The molecule has 0 radical (unpaired) electrons. The summed E-state index contributed by atoms with van der Waals surface area (Å²) in [7, 11) is 1.79. The third kappa shape index (κ3) is 6.38. The second kappa shape index (κ2) is 10.0. The van der Waals surface area contributed by atoms with Gasteiger partial charge in [0.15, 0.2) is 0 Å². The summed E-state index contributed by atoms with van der Waals surface area (Å²) in [5, 5.41) is 2.85. The van der Waals surface area contributed by atoms with Gasteiger partial charge < -0.3 is 19.9 Å². The molecule has 6 nitrogen and oxygen atoms in total. The van der Waals surface area contributed by atoms with E-state index in [9.17, 15) is 9.59 Å². The number of carbonyl (C=O) groups is 2. The van der Waals surface area contributed by atoms with Crippen molar-refractivity contribution in [1.82, 2.24) is 15.1 Å². The van der Waals surface area contributed by atoms with Gasteiger partial charge in [0.1, 0.15) is 0 Å². The van der Waals surface area contributed by atoms with E-state index in [4.69, 9.17) is 4.74 Å². The Labute approximate surface area is 150 Å². The van der Waals surface area contributed by atoms with E-state index in [0.717, 1.165) is 24.9 Å². The van der Waals surface area contributed by atoms with Crippen LogP contribution in [0.25, 0.3) is 0 Å². The van der Waals surface area contributed by atoms with Crippen LogP contribution in [0.1, 0.15) is 31.7 Å². The molecule has 1 aromatic carbocycles. The van der Waals surface area contributed by atoms with Crippen LogP contribution in [0.5, 0.6) is 0 Å². The topological polar surface area (TPSA) is 61.9 Å². The lowest BCUT2D eigenvalue weighted by atomic mass is 10.1. The van der Waals surface area contributed by atoms with Crippen LogP contribution in [0.4, 0.5) is 4.79 Å². The zero-order valence-corrected chi connectivity index (χ0v) is 15.2. The van der Waals surface area contributed by atoms with E-state index in [1.54, 1.807) is 16.8 Å². The van der Waals surface area contributed by atoms with Gasteiger partial charge in [-0.05, 0) is 25.3 Å². The predicted octanol–water partition coefficient (Wildman–Crippen LogP) is 2.25. The van der Waals surface area contributed by atoms with Gasteiger partial charge in [-0.15, -0.1) is 0 Å². The molecule has 6 heteroatoms. The molecule has 1 heterocycles. The lowest BCUT2D eigenvalue weighted by Gasteiger charge is -2.32. The fourth-order valence-electron chi connectivity index (χ4n) is 3.02. The van der Waals surface area contributed by atoms with Gasteiger partial charge in [-0.25, -0.2) is 4.79 Å². The molecule has 25 heavy (non-hydrogen) atoms. The van der Waals surface area contributed by atoms with Crippen molar-refractivity contribution in [2.45, 2.75) is 38.8 Å². The molecule has 1 N–H and O–H groups in total. The number of nitrogens with one attached hydrogen (secondary N) is 1. The molecule has 1 fully saturated rings. The molecule has 0 aliphatic carbocycles. The Balaban J connectivity index is 1.68. The van der Waals surface area contributed by atoms with Crippen LogP contribution in [0.3, 0.4) is 0 Å². The number of rotatable bonds is 7. The number of piperidine rings is 1. The summed E-state index contributed by atoms with van der Waals surface area (Å²) in [4.78, 5) is 27.9. The Morgan fingerprint density at radius 3 is 2.80 bits per heavy atom. The minimum absolute atomic E-state index is 0.0231. The first kappa shape index (κ1) is 19.2. The maximum absolute atomic E-state index is 12.2. The molecule has 1 aromatic rings. The van der Waals surface area contributed by atoms with Gasteiger partial charge in [0, 0.05) is 46.3 Å². The van der Waals surface area contributed by atoms with Crippen LogP contribution in [-0.4, -0.2) is 61.1 Å². The lowest BCUT2D eigenvalue weighted by molar-refractivity contribution is -0.130. The third-order valence-electron chi connectivity index (χ3n) is 4.37. The number of hydrogen-bond acceptors (Lipinski definition) is 3. The molecule has 0 saturated carbocycles. The number of urea groups is 1. The fourth-order valence-corrected chi connectivity index (χ4v) is 3.02. The summed E-state index contributed by atoms with van der Waals surface area (Å²) < 4.78 is 5.61. The highest BCUT2D eigenvalue weighted by molar-refractivity contribution is 5.78. The van der Waals surface area contributed by atoms with Crippen LogP contribution in [0.2, 0.25) is 0 Å². The molecule has 2 rings (SSSR count). The monoisotopic (exact) mass is 347 g/mol. The number of benzene rings is 1. The van der Waals surface area contributed by atoms with Crippen molar-refractivity contribution in [3.05, 3.63) is 35.9 Å². The maximum atomic E-state index is 12.2. The largest absolute Gasteiger partial charge is 0.377 e. The number of ether oxygens (including phenoxy) is 1. The summed E-state index contributed by atoms with van der Waals surface area (Å²) in [6, 6.07) is 9.76. The molecule has 138 valence electrons. The SMILES string of the molecule is CCOC1CCCN(C(=O)NCCC(=O)N(C)Cc2ccccc2)C1. The number of nitrogens with zero attached hydrogens (tertiary/aromatic N) is 2. The van der Waals surface area contributed by atoms with Crippen LogP contribution in [0, 0.1) is 0 Å². The minimum Gasteiger partial charge on any atom is -0.377 e. The van der Waals surface area contributed by atoms with Crippen LogP contribution < -0.4 is 5.32 Å². The molecular weight excluding hydrogens is 318 g/mol. The maximum Gasteiger partial charge on any atom is 0.317 e. The van der Waals surface area contributed by atoms with E-state index < -0.39 is 0 Å². The molecular formula is C19H29N3O3. The van der Waals surface area contributed by atoms with Gasteiger partial charge in [-0.1, -0.05) is 30.3 Å². The summed E-state index contributed by atoms with van der Waals surface area (Å²) in [6.07, 6.45) is 2.39. The quantitative estimate of drug-likeness (QED) is 0.823. The highest BCUT2D eigenvalue weighted by Gasteiger charge is 2.23. The van der Waals surface area contributed by atoms with E-state index in [-0.39, 0.29) is 18.0 Å². The average Bonchev–Trinajstić information content (AvgIpc) is 2.63. The van der Waals surface area contributed by atoms with E-state index >= 15 is 0 Å². The fraction of sp³-hybridized carbons (Fsp3) is 0.579. The van der Waals surface area contributed by atoms with Gasteiger partial charge in [0.2, 0.25) is 5.91 Å². The Hall–Kier alpha value is -2.08. The van der Waals surface area contributed by atoms with E-state index in [2.05, 4.69) is 5.32 Å². The van der Waals surface area contributed by atoms with Crippen molar-refractivity contribution in [2.75, 3.05) is 33.3 Å². The third-order valence-corrected chi connectivity index (χ3v) is 4.37. The first-order valence-corrected chi connectivity index (χ1v) is 9.02. The Morgan fingerprint density at radius 2 is 2.08 bits per heavy atom. The van der Waals surface area contributed by atoms with Gasteiger partial charge in [0.25, 0.3) is 0 Å². The van der Waals surface area contributed by atoms with Crippen LogP contribution >= 0.6 is 0 Å². The lowest BCUT2D eigenvalue weighted by Crippen LogP contribution is -2.48. The van der Waals surface area contributed by atoms with E-state index in [1.807, 2.05) is 37.3 Å². The van der Waals surface area contributed by atoms with Crippen molar-refractivity contribution >= 4 is 11.9 Å². The summed E-state index contributed by atoms with van der Waals surface area (Å²) in [6.45, 7) is 4.94. The first-order valence-electron chi connectivity index (χ1n) is 9.02. The minimum atomic E-state index is -0.108. The molecule has 1 aliphatic rings. The molecule has 0 spiro atoms. The number of likely N-dealkylation sites (tertiary alicyclic amines) is 1. The van der Waals surface area contributed by atoms with Crippen LogP contribution in [-0.2, 0) is 16.1 Å². The van der Waals surface area contributed by atoms with Gasteiger partial charge in [-0.3, -0.25) is 4.79 Å². The van der Waals surface area contributed by atoms with Crippen LogP contribution in [0.15, 0.2) is 30.3 Å². The molecule has 0 bridgehead atoms. The van der Waals surface area contributed by atoms with Gasteiger partial charge >= 0.3 is 6.03 Å². The number of carbonyl (C=O) groups excluding carboxylic acids is 2. The molecule has 0 aromatic heterocycles. The molecule has 1 atom stereocenters. The van der Waals surface area contributed by atoms with E-state index in [1.165, 1.54) is 0 Å². The van der Waals surface area contributed by atoms with Crippen molar-refractivity contribution in [3.8, 4) is 0 Å². The smallest absolute Gasteiger partial charge is 0.317 e. The van der Waals surface area contributed by atoms with Crippen molar-refractivity contribution in [2.24, 2.45) is 0 Å². The Kier molecular flexibility index (Phi) is 7.73. The first-order chi connectivity index (χ1) is 12.1. The van der Waals surface area contributed by atoms with E-state index in [0.29, 0.717) is 32.7 Å². The summed E-state index contributed by atoms with van der Waals surface area (Å²) in [5.41, 5.74) is 1.10. The van der Waals surface area contributed by atoms with Gasteiger partial charge in [0.05, 0.1) is 6.10 Å². The Bertz CT molecular complexity index is 548. The van der Waals surface area contributed by atoms with Crippen molar-refractivity contribution in [3.63, 3.8) is 0 Å². The molecule has 1 saturated heterocycles. The second-order valence-electron chi connectivity index (χ2n) is 6.38. The van der Waals surface area contributed by atoms with Crippen molar-refractivity contribution in [1.29, 1.82) is 0 Å². The second-order valence-corrected chi connectivity index (χ2v) is 6.38. The molecule has 1 unspecified atom stereocenters. The predicted molar refractivity (Wildman–Crippen MR) is 97.2 cm³/mol. The summed E-state index contributed by atoms with van der Waals surface area (Å²) in [5.74, 6) is 0.0231. The summed E-state index contributed by atoms with van der Waals surface area (Å²) >= 11 is 0. The highest BCUT2D eigenvalue weighted by Crippen LogP contribution is 2.13. The molecule has 3 amide bonds. The average molecular weight is 347 g/mol. The zero-order chi connectivity index (χ0) is 18.1. The Morgan fingerprint density at radius 1 is 1.32 bits per heavy atom. The van der Waals surface area contributed by atoms with Crippen molar-refractivity contribution < 1.29 is 14.3 Å². The normalized spacial score (nSPS) is 17.2. The number of hydrogen-bond donors (Lipinski definition) is 1. The number of amides is 3. The molecule has 1 aliphatic heterocycles. The van der Waals surface area contributed by atoms with Gasteiger partial charge in [-0.2, -0.15) is 0 Å².